The normalized spacial score (nSPS) is 42.0. The van der Waals surface area contributed by atoms with E-state index in [2.05, 4.69) is 31.0 Å². The van der Waals surface area contributed by atoms with Gasteiger partial charge in [0.1, 0.15) is 0 Å². The van der Waals surface area contributed by atoms with E-state index in [1.807, 2.05) is 0 Å². The molecule has 2 heterocycles. The number of nitrogens with one attached hydrogen (secondary N) is 1. The molecule has 0 aromatic rings. The standard InChI is InChI=1S/C17H30N2O2/c1-4-17(3)16(20)19(14-9-10-21-12(2)11-14)15(18-17)13-7-5-6-8-13/h12-15,18H,4-11H2,1-3H3. The first-order valence-corrected chi connectivity index (χ1v) is 8.77. The zero-order valence-electron chi connectivity index (χ0n) is 13.7. The maximum Gasteiger partial charge on any atom is 0.244 e. The number of carbonyl (C=O) groups excluding carboxylic acids is 1. The van der Waals surface area contributed by atoms with Crippen LogP contribution in [0, 0.1) is 5.92 Å². The second-order valence-corrected chi connectivity index (χ2v) is 7.39. The summed E-state index contributed by atoms with van der Waals surface area (Å²) in [5, 5.41) is 3.71. The monoisotopic (exact) mass is 294 g/mol. The summed E-state index contributed by atoms with van der Waals surface area (Å²) < 4.78 is 5.68. The summed E-state index contributed by atoms with van der Waals surface area (Å²) in [4.78, 5) is 15.3. The van der Waals surface area contributed by atoms with Gasteiger partial charge in [-0.2, -0.15) is 0 Å². The fourth-order valence-corrected chi connectivity index (χ4v) is 4.36. The molecule has 4 nitrogen and oxygen atoms in total. The second kappa shape index (κ2) is 5.88. The predicted molar refractivity (Wildman–Crippen MR) is 82.9 cm³/mol. The van der Waals surface area contributed by atoms with Crippen molar-refractivity contribution in [1.29, 1.82) is 0 Å². The molecular weight excluding hydrogens is 264 g/mol. The topological polar surface area (TPSA) is 41.6 Å². The van der Waals surface area contributed by atoms with E-state index in [1.54, 1.807) is 0 Å². The van der Waals surface area contributed by atoms with Crippen molar-refractivity contribution in [3.05, 3.63) is 0 Å². The Morgan fingerprint density at radius 2 is 2.05 bits per heavy atom. The van der Waals surface area contributed by atoms with Crippen LogP contribution >= 0.6 is 0 Å². The lowest BCUT2D eigenvalue weighted by Crippen LogP contribution is -2.50. The number of amides is 1. The van der Waals surface area contributed by atoms with Crippen LogP contribution in [0.15, 0.2) is 0 Å². The maximum atomic E-state index is 13.1. The first-order valence-electron chi connectivity index (χ1n) is 8.77. The minimum Gasteiger partial charge on any atom is -0.378 e. The molecule has 0 bridgehead atoms. The van der Waals surface area contributed by atoms with Crippen LogP contribution in [-0.2, 0) is 9.53 Å². The fourth-order valence-electron chi connectivity index (χ4n) is 4.36. The Kier molecular flexibility index (Phi) is 4.28. The first-order chi connectivity index (χ1) is 10.0. The third-order valence-electron chi connectivity index (χ3n) is 5.88. The van der Waals surface area contributed by atoms with E-state index >= 15 is 0 Å². The van der Waals surface area contributed by atoms with Crippen LogP contribution in [0.25, 0.3) is 0 Å². The Morgan fingerprint density at radius 1 is 1.33 bits per heavy atom. The highest BCUT2D eigenvalue weighted by atomic mass is 16.5. The van der Waals surface area contributed by atoms with E-state index in [-0.39, 0.29) is 17.8 Å². The van der Waals surface area contributed by atoms with Gasteiger partial charge in [-0.05, 0) is 51.9 Å². The quantitative estimate of drug-likeness (QED) is 0.870. The molecule has 2 saturated heterocycles. The van der Waals surface area contributed by atoms with Crippen molar-refractivity contribution in [1.82, 2.24) is 10.2 Å². The molecule has 1 saturated carbocycles. The number of hydrogen-bond acceptors (Lipinski definition) is 3. The molecule has 2 aliphatic heterocycles. The Hall–Kier alpha value is -0.610. The summed E-state index contributed by atoms with van der Waals surface area (Å²) in [6.07, 6.45) is 8.52. The molecule has 4 atom stereocenters. The molecule has 0 spiro atoms. The van der Waals surface area contributed by atoms with Crippen LogP contribution in [0.2, 0.25) is 0 Å². The molecule has 21 heavy (non-hydrogen) atoms. The summed E-state index contributed by atoms with van der Waals surface area (Å²) in [6, 6.07) is 0.354. The number of hydrogen-bond donors (Lipinski definition) is 1. The van der Waals surface area contributed by atoms with Gasteiger partial charge in [-0.3, -0.25) is 10.1 Å². The van der Waals surface area contributed by atoms with Crippen LogP contribution in [-0.4, -0.2) is 41.3 Å². The molecule has 1 aliphatic carbocycles. The third-order valence-corrected chi connectivity index (χ3v) is 5.88. The van der Waals surface area contributed by atoms with E-state index in [9.17, 15) is 4.79 Å². The van der Waals surface area contributed by atoms with Gasteiger partial charge in [0, 0.05) is 12.6 Å². The highest BCUT2D eigenvalue weighted by molar-refractivity contribution is 5.88. The molecule has 3 aliphatic rings. The lowest BCUT2D eigenvalue weighted by Gasteiger charge is -2.39. The average molecular weight is 294 g/mol. The van der Waals surface area contributed by atoms with Gasteiger partial charge < -0.3 is 9.64 Å². The summed E-state index contributed by atoms with van der Waals surface area (Å²) >= 11 is 0. The molecule has 1 N–H and O–H groups in total. The Bertz CT molecular complexity index is 394. The first kappa shape index (κ1) is 15.3. The largest absolute Gasteiger partial charge is 0.378 e. The van der Waals surface area contributed by atoms with Crippen LogP contribution < -0.4 is 5.32 Å². The van der Waals surface area contributed by atoms with E-state index in [0.717, 1.165) is 25.9 Å². The number of rotatable bonds is 3. The SMILES string of the molecule is CCC1(C)NC(C2CCCC2)N(C2CCOC(C)C2)C1=O. The van der Waals surface area contributed by atoms with Crippen molar-refractivity contribution >= 4 is 5.91 Å². The molecule has 4 unspecified atom stereocenters. The van der Waals surface area contributed by atoms with Crippen molar-refractivity contribution in [2.45, 2.75) is 89.6 Å². The lowest BCUT2D eigenvalue weighted by molar-refractivity contribution is -0.138. The van der Waals surface area contributed by atoms with E-state index < -0.39 is 0 Å². The van der Waals surface area contributed by atoms with Gasteiger partial charge in [0.15, 0.2) is 0 Å². The fraction of sp³-hybridized carbons (Fsp3) is 0.941. The summed E-state index contributed by atoms with van der Waals surface area (Å²) in [5.74, 6) is 0.960. The van der Waals surface area contributed by atoms with Gasteiger partial charge >= 0.3 is 0 Å². The van der Waals surface area contributed by atoms with Gasteiger partial charge in [0.2, 0.25) is 5.91 Å². The summed E-state index contributed by atoms with van der Waals surface area (Å²) in [6.45, 7) is 7.12. The predicted octanol–water partition coefficient (Wildman–Crippen LogP) is 2.67. The van der Waals surface area contributed by atoms with E-state index in [4.69, 9.17) is 4.74 Å². The minimum absolute atomic E-state index is 0.250. The van der Waals surface area contributed by atoms with Gasteiger partial charge in [-0.1, -0.05) is 19.8 Å². The van der Waals surface area contributed by atoms with Crippen molar-refractivity contribution in [2.24, 2.45) is 5.92 Å². The Balaban J connectivity index is 1.83. The number of ether oxygens (including phenoxy) is 1. The molecule has 0 aromatic heterocycles. The Labute approximate surface area is 128 Å². The molecule has 3 fully saturated rings. The molecule has 0 radical (unpaired) electrons. The number of nitrogens with zero attached hydrogens (tertiary/aromatic N) is 1. The summed E-state index contributed by atoms with van der Waals surface area (Å²) in [7, 11) is 0. The molecule has 120 valence electrons. The van der Waals surface area contributed by atoms with Crippen molar-refractivity contribution in [2.75, 3.05) is 6.61 Å². The second-order valence-electron chi connectivity index (χ2n) is 7.39. The van der Waals surface area contributed by atoms with Crippen molar-refractivity contribution in [3.63, 3.8) is 0 Å². The molecule has 4 heteroatoms. The van der Waals surface area contributed by atoms with Crippen LogP contribution in [0.3, 0.4) is 0 Å². The highest BCUT2D eigenvalue weighted by Gasteiger charge is 2.51. The van der Waals surface area contributed by atoms with Gasteiger partial charge in [-0.15, -0.1) is 0 Å². The van der Waals surface area contributed by atoms with Gasteiger partial charge in [-0.25, -0.2) is 0 Å². The highest BCUT2D eigenvalue weighted by Crippen LogP contribution is 2.38. The number of carbonyl (C=O) groups is 1. The zero-order valence-corrected chi connectivity index (χ0v) is 13.7. The van der Waals surface area contributed by atoms with Crippen LogP contribution in [0.4, 0.5) is 0 Å². The molecular formula is C17H30N2O2. The van der Waals surface area contributed by atoms with Crippen molar-refractivity contribution in [3.8, 4) is 0 Å². The molecule has 3 rings (SSSR count). The van der Waals surface area contributed by atoms with E-state index in [1.165, 1.54) is 25.7 Å². The average Bonchev–Trinajstić information content (AvgIpc) is 3.07. The van der Waals surface area contributed by atoms with Gasteiger partial charge in [0.05, 0.1) is 17.8 Å². The van der Waals surface area contributed by atoms with E-state index in [0.29, 0.717) is 17.9 Å². The molecule has 0 aromatic carbocycles. The maximum absolute atomic E-state index is 13.1. The zero-order chi connectivity index (χ0) is 15.0. The lowest BCUT2D eigenvalue weighted by atomic mass is 9.96. The van der Waals surface area contributed by atoms with Crippen LogP contribution in [0.5, 0.6) is 0 Å². The third kappa shape index (κ3) is 2.72. The van der Waals surface area contributed by atoms with Gasteiger partial charge in [0.25, 0.3) is 0 Å². The minimum atomic E-state index is -0.366. The van der Waals surface area contributed by atoms with Crippen molar-refractivity contribution < 1.29 is 9.53 Å². The smallest absolute Gasteiger partial charge is 0.244 e. The summed E-state index contributed by atoms with van der Waals surface area (Å²) in [5.41, 5.74) is -0.366. The Morgan fingerprint density at radius 3 is 2.67 bits per heavy atom. The van der Waals surface area contributed by atoms with Crippen LogP contribution in [0.1, 0.15) is 65.7 Å². The molecule has 1 amide bonds.